The quantitative estimate of drug-likeness (QED) is 0.635. The summed E-state index contributed by atoms with van der Waals surface area (Å²) in [4.78, 5) is 4.07. The maximum absolute atomic E-state index is 14.1. The van der Waals surface area contributed by atoms with Crippen molar-refractivity contribution in [2.45, 2.75) is 45.4 Å². The Hall–Kier alpha value is -2.10. The normalized spacial score (nSPS) is 10.7. The van der Waals surface area contributed by atoms with Crippen molar-refractivity contribution < 1.29 is 14.2 Å². The molecule has 23 heavy (non-hydrogen) atoms. The van der Waals surface area contributed by atoms with Crippen molar-refractivity contribution in [3.05, 3.63) is 42.3 Å². The van der Waals surface area contributed by atoms with Crippen LogP contribution in [0, 0.1) is 5.82 Å². The fourth-order valence-electron chi connectivity index (χ4n) is 2.40. The van der Waals surface area contributed by atoms with Crippen molar-refractivity contribution in [1.82, 2.24) is 4.98 Å². The number of nitrogens with zero attached hydrogens (tertiary/aromatic N) is 1. The summed E-state index contributed by atoms with van der Waals surface area (Å²) < 4.78 is 19.6. The summed E-state index contributed by atoms with van der Waals surface area (Å²) in [5, 5.41) is 9.23. The van der Waals surface area contributed by atoms with Gasteiger partial charge in [-0.15, -0.1) is 0 Å². The van der Waals surface area contributed by atoms with Crippen molar-refractivity contribution in [2.24, 2.45) is 0 Å². The lowest BCUT2D eigenvalue weighted by atomic mass is 10.1. The molecule has 0 saturated carbocycles. The van der Waals surface area contributed by atoms with E-state index in [1.54, 1.807) is 18.2 Å². The molecular weight excluding hydrogens is 293 g/mol. The van der Waals surface area contributed by atoms with Gasteiger partial charge in [0.2, 0.25) is 0 Å². The maximum atomic E-state index is 14.1. The van der Waals surface area contributed by atoms with E-state index in [1.807, 2.05) is 0 Å². The highest BCUT2D eigenvalue weighted by atomic mass is 19.1. The maximum Gasteiger partial charge on any atom is 0.165 e. The van der Waals surface area contributed by atoms with Gasteiger partial charge in [0.25, 0.3) is 0 Å². The number of ether oxygens (including phenoxy) is 1. The van der Waals surface area contributed by atoms with Crippen LogP contribution in [0.25, 0.3) is 11.3 Å². The summed E-state index contributed by atoms with van der Waals surface area (Å²) in [6.45, 7) is 2.74. The number of pyridine rings is 1. The zero-order valence-corrected chi connectivity index (χ0v) is 13.6. The fraction of sp³-hybridized carbons (Fsp3) is 0.421. The summed E-state index contributed by atoms with van der Waals surface area (Å²) in [6, 6.07) is 8.01. The molecule has 124 valence electrons. The summed E-state index contributed by atoms with van der Waals surface area (Å²) in [6.07, 6.45) is 8.41. The molecule has 0 amide bonds. The monoisotopic (exact) mass is 317 g/mol. The molecule has 0 fully saturated rings. The molecule has 1 aromatic heterocycles. The lowest BCUT2D eigenvalue weighted by Gasteiger charge is -2.09. The number of aromatic hydroxyl groups is 1. The molecule has 0 aliphatic carbocycles. The molecule has 3 nitrogen and oxygen atoms in total. The minimum absolute atomic E-state index is 0.0908. The molecule has 0 unspecified atom stereocenters. The molecule has 0 atom stereocenters. The fourth-order valence-corrected chi connectivity index (χ4v) is 2.40. The SMILES string of the molecule is CCCCCCCCOc1ccc(-c2ccc(O)cn2)cc1F. The topological polar surface area (TPSA) is 42.4 Å². The lowest BCUT2D eigenvalue weighted by molar-refractivity contribution is 0.290. The van der Waals surface area contributed by atoms with E-state index in [-0.39, 0.29) is 17.3 Å². The van der Waals surface area contributed by atoms with Gasteiger partial charge in [-0.3, -0.25) is 4.98 Å². The van der Waals surface area contributed by atoms with Crippen LogP contribution in [-0.4, -0.2) is 16.7 Å². The van der Waals surface area contributed by atoms with Crippen LogP contribution in [0.3, 0.4) is 0 Å². The highest BCUT2D eigenvalue weighted by molar-refractivity contribution is 5.60. The van der Waals surface area contributed by atoms with Gasteiger partial charge in [0.15, 0.2) is 11.6 Å². The molecule has 1 aromatic carbocycles. The Kier molecular flexibility index (Phi) is 6.85. The molecule has 4 heteroatoms. The van der Waals surface area contributed by atoms with Gasteiger partial charge in [0.1, 0.15) is 5.75 Å². The number of hydrogen-bond donors (Lipinski definition) is 1. The molecule has 0 aliphatic rings. The van der Waals surface area contributed by atoms with E-state index in [0.717, 1.165) is 12.8 Å². The minimum atomic E-state index is -0.386. The smallest absolute Gasteiger partial charge is 0.165 e. The molecule has 0 aliphatic heterocycles. The van der Waals surface area contributed by atoms with Crippen molar-refractivity contribution in [3.8, 4) is 22.8 Å². The van der Waals surface area contributed by atoms with E-state index >= 15 is 0 Å². The Morgan fingerprint density at radius 3 is 2.52 bits per heavy atom. The number of aromatic nitrogens is 1. The average Bonchev–Trinajstić information content (AvgIpc) is 2.56. The predicted molar refractivity (Wildman–Crippen MR) is 90.2 cm³/mol. The summed E-state index contributed by atoms with van der Waals surface area (Å²) in [5.41, 5.74) is 1.28. The van der Waals surface area contributed by atoms with Gasteiger partial charge in [-0.05, 0) is 36.8 Å². The molecule has 0 bridgehead atoms. The Labute approximate surface area is 137 Å². The van der Waals surface area contributed by atoms with Gasteiger partial charge in [0.05, 0.1) is 18.5 Å². The Morgan fingerprint density at radius 1 is 1.04 bits per heavy atom. The van der Waals surface area contributed by atoms with Crippen LogP contribution in [0.2, 0.25) is 0 Å². The minimum Gasteiger partial charge on any atom is -0.506 e. The molecule has 1 heterocycles. The molecule has 0 saturated heterocycles. The lowest BCUT2D eigenvalue weighted by Crippen LogP contribution is -1.99. The van der Waals surface area contributed by atoms with Crippen LogP contribution < -0.4 is 4.74 Å². The first-order valence-corrected chi connectivity index (χ1v) is 8.28. The van der Waals surface area contributed by atoms with Crippen LogP contribution in [-0.2, 0) is 0 Å². The average molecular weight is 317 g/mol. The second kappa shape index (κ2) is 9.13. The van der Waals surface area contributed by atoms with E-state index in [2.05, 4.69) is 11.9 Å². The first kappa shape index (κ1) is 17.3. The number of rotatable bonds is 9. The van der Waals surface area contributed by atoms with Gasteiger partial charge in [-0.1, -0.05) is 39.0 Å². The van der Waals surface area contributed by atoms with Gasteiger partial charge in [-0.25, -0.2) is 4.39 Å². The molecule has 2 aromatic rings. The second-order valence-electron chi connectivity index (χ2n) is 5.66. The van der Waals surface area contributed by atoms with Crippen LogP contribution in [0.4, 0.5) is 4.39 Å². The first-order valence-electron chi connectivity index (χ1n) is 8.28. The largest absolute Gasteiger partial charge is 0.506 e. The van der Waals surface area contributed by atoms with Crippen LogP contribution in [0.5, 0.6) is 11.5 Å². The Morgan fingerprint density at radius 2 is 1.83 bits per heavy atom. The van der Waals surface area contributed by atoms with Gasteiger partial charge >= 0.3 is 0 Å². The van der Waals surface area contributed by atoms with Gasteiger partial charge in [-0.2, -0.15) is 0 Å². The van der Waals surface area contributed by atoms with Crippen molar-refractivity contribution >= 4 is 0 Å². The number of benzene rings is 1. The number of hydrogen-bond acceptors (Lipinski definition) is 3. The molecule has 1 N–H and O–H groups in total. The highest BCUT2D eigenvalue weighted by Crippen LogP contribution is 2.25. The third kappa shape index (κ3) is 5.55. The van der Waals surface area contributed by atoms with Crippen LogP contribution in [0.1, 0.15) is 45.4 Å². The molecular formula is C19H24FNO2. The zero-order chi connectivity index (χ0) is 16.5. The Balaban J connectivity index is 1.83. The number of halogens is 1. The van der Waals surface area contributed by atoms with Crippen molar-refractivity contribution in [1.29, 1.82) is 0 Å². The third-order valence-electron chi connectivity index (χ3n) is 3.73. The van der Waals surface area contributed by atoms with Crippen LogP contribution in [0.15, 0.2) is 36.5 Å². The third-order valence-corrected chi connectivity index (χ3v) is 3.73. The standard InChI is InChI=1S/C19H24FNO2/c1-2-3-4-5-6-7-12-23-19-11-8-15(13-17(19)20)18-10-9-16(22)14-21-18/h8-11,13-14,22H,2-7,12H2,1H3. The van der Waals surface area contributed by atoms with E-state index in [4.69, 9.17) is 4.74 Å². The van der Waals surface area contributed by atoms with E-state index in [9.17, 15) is 9.50 Å². The first-order chi connectivity index (χ1) is 11.2. The zero-order valence-electron chi connectivity index (χ0n) is 13.6. The highest BCUT2D eigenvalue weighted by Gasteiger charge is 2.07. The van der Waals surface area contributed by atoms with Crippen molar-refractivity contribution in [3.63, 3.8) is 0 Å². The number of unbranched alkanes of at least 4 members (excludes halogenated alkanes) is 5. The van der Waals surface area contributed by atoms with E-state index < -0.39 is 0 Å². The van der Waals surface area contributed by atoms with E-state index in [0.29, 0.717) is 17.9 Å². The summed E-state index contributed by atoms with van der Waals surface area (Å²) >= 11 is 0. The van der Waals surface area contributed by atoms with Gasteiger partial charge < -0.3 is 9.84 Å². The van der Waals surface area contributed by atoms with Crippen molar-refractivity contribution in [2.75, 3.05) is 6.61 Å². The van der Waals surface area contributed by atoms with Crippen LogP contribution >= 0.6 is 0 Å². The summed E-state index contributed by atoms with van der Waals surface area (Å²) in [5.74, 6) is -0.0162. The predicted octanol–water partition coefficient (Wildman–Crippen LogP) is 5.33. The molecule has 2 rings (SSSR count). The van der Waals surface area contributed by atoms with Gasteiger partial charge in [0, 0.05) is 5.56 Å². The summed E-state index contributed by atoms with van der Waals surface area (Å²) in [7, 11) is 0. The van der Waals surface area contributed by atoms with E-state index in [1.165, 1.54) is 44.0 Å². The molecule has 0 spiro atoms. The molecule has 0 radical (unpaired) electrons. The second-order valence-corrected chi connectivity index (χ2v) is 5.66. The Bertz CT molecular complexity index is 599.